The molecule has 6 nitrogen and oxygen atoms in total. The van der Waals surface area contributed by atoms with Crippen LogP contribution in [0.3, 0.4) is 0 Å². The van der Waals surface area contributed by atoms with Crippen LogP contribution in [0.2, 0.25) is 0 Å². The molecule has 0 saturated heterocycles. The van der Waals surface area contributed by atoms with E-state index in [4.69, 9.17) is 9.15 Å². The molecule has 3 aromatic rings. The van der Waals surface area contributed by atoms with E-state index in [0.29, 0.717) is 22.7 Å². The van der Waals surface area contributed by atoms with Gasteiger partial charge >= 0.3 is 0 Å². The van der Waals surface area contributed by atoms with Crippen LogP contribution in [-0.4, -0.2) is 18.9 Å². The van der Waals surface area contributed by atoms with Gasteiger partial charge in [0.2, 0.25) is 5.91 Å². The fraction of sp³-hybridized carbons (Fsp3) is 0.238. The minimum Gasteiger partial charge on any atom is -0.497 e. The summed E-state index contributed by atoms with van der Waals surface area (Å²) in [6.07, 6.45) is 0. The van der Waals surface area contributed by atoms with E-state index in [2.05, 4.69) is 10.6 Å². The summed E-state index contributed by atoms with van der Waals surface area (Å²) in [6, 6.07) is 12.4. The van der Waals surface area contributed by atoms with Gasteiger partial charge in [-0.2, -0.15) is 0 Å². The molecule has 0 aliphatic rings. The zero-order valence-electron chi connectivity index (χ0n) is 15.8. The highest BCUT2D eigenvalue weighted by Crippen LogP contribution is 2.29. The van der Waals surface area contributed by atoms with Crippen molar-refractivity contribution in [1.29, 1.82) is 0 Å². The highest BCUT2D eigenvalue weighted by Gasteiger charge is 2.18. The zero-order valence-corrected chi connectivity index (χ0v) is 15.8. The van der Waals surface area contributed by atoms with Crippen LogP contribution in [0.5, 0.6) is 5.75 Å². The van der Waals surface area contributed by atoms with E-state index in [0.717, 1.165) is 10.9 Å². The monoisotopic (exact) mass is 366 g/mol. The normalized spacial score (nSPS) is 10.9. The predicted molar refractivity (Wildman–Crippen MR) is 105 cm³/mol. The van der Waals surface area contributed by atoms with Gasteiger partial charge in [-0.1, -0.05) is 13.8 Å². The largest absolute Gasteiger partial charge is 0.497 e. The maximum atomic E-state index is 12.6. The third-order valence-corrected chi connectivity index (χ3v) is 4.28. The molecule has 2 aromatic carbocycles. The van der Waals surface area contributed by atoms with Crippen molar-refractivity contribution in [1.82, 2.24) is 0 Å². The Morgan fingerprint density at radius 2 is 1.63 bits per heavy atom. The topological polar surface area (TPSA) is 80.6 Å². The molecule has 0 aliphatic carbocycles. The Morgan fingerprint density at radius 3 is 2.22 bits per heavy atom. The van der Waals surface area contributed by atoms with Crippen LogP contribution in [-0.2, 0) is 4.79 Å². The number of carbonyl (C=O) groups is 2. The van der Waals surface area contributed by atoms with Crippen molar-refractivity contribution in [3.63, 3.8) is 0 Å². The van der Waals surface area contributed by atoms with Crippen LogP contribution in [0, 0.1) is 12.8 Å². The summed E-state index contributed by atoms with van der Waals surface area (Å²) < 4.78 is 10.9. The fourth-order valence-electron chi connectivity index (χ4n) is 2.65. The number of fused-ring (bicyclic) bond motifs is 1. The molecule has 0 spiro atoms. The number of benzene rings is 2. The number of furan rings is 1. The van der Waals surface area contributed by atoms with E-state index in [1.165, 1.54) is 0 Å². The summed E-state index contributed by atoms with van der Waals surface area (Å²) in [5.74, 6) is 0.480. The van der Waals surface area contributed by atoms with Crippen molar-refractivity contribution in [3.8, 4) is 5.75 Å². The van der Waals surface area contributed by atoms with Gasteiger partial charge in [-0.3, -0.25) is 9.59 Å². The lowest BCUT2D eigenvalue weighted by Gasteiger charge is -2.09. The van der Waals surface area contributed by atoms with Crippen molar-refractivity contribution in [2.45, 2.75) is 20.8 Å². The maximum Gasteiger partial charge on any atom is 0.291 e. The standard InChI is InChI=1S/C21H22N2O4/c1-12(2)20(24)22-14-5-7-15(8-6-14)23-21(25)19-13(3)17-11-16(26-4)9-10-18(17)27-19/h5-12H,1-4H3,(H,22,24)(H,23,25). The summed E-state index contributed by atoms with van der Waals surface area (Å²) in [7, 11) is 1.59. The number of methoxy groups -OCH3 is 1. The molecule has 1 heterocycles. The molecule has 0 atom stereocenters. The predicted octanol–water partition coefficient (Wildman–Crippen LogP) is 4.60. The van der Waals surface area contributed by atoms with Gasteiger partial charge in [-0.25, -0.2) is 0 Å². The van der Waals surface area contributed by atoms with Gasteiger partial charge in [-0.05, 0) is 49.4 Å². The molecule has 0 radical (unpaired) electrons. The number of hydrogen-bond acceptors (Lipinski definition) is 4. The van der Waals surface area contributed by atoms with Crippen molar-refractivity contribution >= 4 is 34.2 Å². The zero-order chi connectivity index (χ0) is 19.6. The molecule has 0 unspecified atom stereocenters. The summed E-state index contributed by atoms with van der Waals surface area (Å²) in [5, 5.41) is 6.46. The average Bonchev–Trinajstić information content (AvgIpc) is 2.99. The molecule has 3 rings (SSSR count). The van der Waals surface area contributed by atoms with Crippen LogP contribution in [0.4, 0.5) is 11.4 Å². The minimum absolute atomic E-state index is 0.0554. The molecule has 27 heavy (non-hydrogen) atoms. The van der Waals surface area contributed by atoms with Gasteiger partial charge in [0, 0.05) is 28.2 Å². The molecule has 0 saturated carbocycles. The van der Waals surface area contributed by atoms with Gasteiger partial charge in [-0.15, -0.1) is 0 Å². The summed E-state index contributed by atoms with van der Waals surface area (Å²) in [6.45, 7) is 5.50. The SMILES string of the molecule is COc1ccc2oc(C(=O)Nc3ccc(NC(=O)C(C)C)cc3)c(C)c2c1. The number of amides is 2. The molecule has 0 fully saturated rings. The lowest BCUT2D eigenvalue weighted by molar-refractivity contribution is -0.118. The summed E-state index contributed by atoms with van der Waals surface area (Å²) >= 11 is 0. The Balaban J connectivity index is 1.76. The molecular formula is C21H22N2O4. The first-order valence-electron chi connectivity index (χ1n) is 8.68. The van der Waals surface area contributed by atoms with Gasteiger partial charge in [0.25, 0.3) is 5.91 Å². The first kappa shape index (κ1) is 18.5. The van der Waals surface area contributed by atoms with Gasteiger partial charge in [0.15, 0.2) is 5.76 Å². The minimum atomic E-state index is -0.332. The third kappa shape index (κ3) is 3.95. The molecule has 1 aromatic heterocycles. The van der Waals surface area contributed by atoms with Crippen molar-refractivity contribution in [3.05, 3.63) is 53.8 Å². The number of carbonyl (C=O) groups excluding carboxylic acids is 2. The number of rotatable bonds is 5. The number of nitrogens with one attached hydrogen (secondary N) is 2. The van der Waals surface area contributed by atoms with Crippen LogP contribution in [0.1, 0.15) is 30.0 Å². The third-order valence-electron chi connectivity index (χ3n) is 4.28. The van der Waals surface area contributed by atoms with Gasteiger partial charge in [0.1, 0.15) is 11.3 Å². The molecule has 0 bridgehead atoms. The second-order valence-corrected chi connectivity index (χ2v) is 6.59. The number of aryl methyl sites for hydroxylation is 1. The smallest absolute Gasteiger partial charge is 0.291 e. The second kappa shape index (κ2) is 7.53. The van der Waals surface area contributed by atoms with E-state index < -0.39 is 0 Å². The molecular weight excluding hydrogens is 344 g/mol. The first-order valence-corrected chi connectivity index (χ1v) is 8.68. The molecule has 0 aliphatic heterocycles. The summed E-state index contributed by atoms with van der Waals surface area (Å²) in [5.41, 5.74) is 2.67. The quantitative estimate of drug-likeness (QED) is 0.692. The second-order valence-electron chi connectivity index (χ2n) is 6.59. The number of anilines is 2. The van der Waals surface area contributed by atoms with Crippen molar-refractivity contribution in [2.24, 2.45) is 5.92 Å². The molecule has 2 N–H and O–H groups in total. The molecule has 140 valence electrons. The Bertz CT molecular complexity index is 987. The Morgan fingerprint density at radius 1 is 1.00 bits per heavy atom. The Kier molecular flexibility index (Phi) is 5.16. The molecule has 2 amide bonds. The number of ether oxygens (including phenoxy) is 1. The Labute approximate surface area is 157 Å². The van der Waals surface area contributed by atoms with Crippen molar-refractivity contribution in [2.75, 3.05) is 17.7 Å². The van der Waals surface area contributed by atoms with Crippen LogP contribution >= 0.6 is 0 Å². The van der Waals surface area contributed by atoms with E-state index >= 15 is 0 Å². The highest BCUT2D eigenvalue weighted by molar-refractivity contribution is 6.06. The van der Waals surface area contributed by atoms with Crippen LogP contribution in [0.25, 0.3) is 11.0 Å². The highest BCUT2D eigenvalue weighted by atomic mass is 16.5. The lowest BCUT2D eigenvalue weighted by atomic mass is 10.1. The maximum absolute atomic E-state index is 12.6. The van der Waals surface area contributed by atoms with E-state index in [-0.39, 0.29) is 23.5 Å². The van der Waals surface area contributed by atoms with Crippen LogP contribution in [0.15, 0.2) is 46.9 Å². The average molecular weight is 366 g/mol. The summed E-state index contributed by atoms with van der Waals surface area (Å²) in [4.78, 5) is 24.3. The number of hydrogen-bond donors (Lipinski definition) is 2. The van der Waals surface area contributed by atoms with E-state index in [1.807, 2.05) is 26.8 Å². The molecule has 6 heteroatoms. The fourth-order valence-corrected chi connectivity index (χ4v) is 2.65. The van der Waals surface area contributed by atoms with E-state index in [9.17, 15) is 9.59 Å². The van der Waals surface area contributed by atoms with Crippen molar-refractivity contribution < 1.29 is 18.7 Å². The van der Waals surface area contributed by atoms with E-state index in [1.54, 1.807) is 43.5 Å². The Hall–Kier alpha value is -3.28. The first-order chi connectivity index (χ1) is 12.9. The van der Waals surface area contributed by atoms with Crippen LogP contribution < -0.4 is 15.4 Å². The lowest BCUT2D eigenvalue weighted by Crippen LogP contribution is -2.17. The van der Waals surface area contributed by atoms with Gasteiger partial charge < -0.3 is 19.8 Å². The van der Waals surface area contributed by atoms with Gasteiger partial charge in [0.05, 0.1) is 7.11 Å².